The minimum Gasteiger partial charge on any atom is -0.333 e. The monoisotopic (exact) mass is 278 g/mol. The number of hydrogen-bond acceptors (Lipinski definition) is 3. The van der Waals surface area contributed by atoms with Gasteiger partial charge in [-0.25, -0.2) is 0 Å². The number of allylic oxidation sites excluding steroid dienone is 3. The zero-order valence-electron chi connectivity index (χ0n) is 12.9. The Morgan fingerprint density at radius 3 is 2.50 bits per heavy atom. The predicted octanol–water partition coefficient (Wildman–Crippen LogP) is 3.18. The maximum atomic E-state index is 12.3. The van der Waals surface area contributed by atoms with Crippen molar-refractivity contribution in [3.8, 4) is 0 Å². The average molecular weight is 278 g/mol. The van der Waals surface area contributed by atoms with Gasteiger partial charge < -0.3 is 4.90 Å². The van der Waals surface area contributed by atoms with Gasteiger partial charge in [-0.3, -0.25) is 15.5 Å². The van der Waals surface area contributed by atoms with Crippen LogP contribution < -0.4 is 5.48 Å². The van der Waals surface area contributed by atoms with Crippen molar-refractivity contribution in [3.05, 3.63) is 48.2 Å². The van der Waals surface area contributed by atoms with Crippen LogP contribution in [0, 0.1) is 0 Å². The number of likely N-dealkylation sites (N-methyl/N-ethyl adjacent to an activating group) is 1. The summed E-state index contributed by atoms with van der Waals surface area (Å²) in [6.07, 6.45) is 7.34. The summed E-state index contributed by atoms with van der Waals surface area (Å²) in [7, 11) is 1.66. The highest BCUT2D eigenvalue weighted by Crippen LogP contribution is 2.11. The molecule has 0 heterocycles. The molecule has 0 rings (SSSR count). The number of rotatable bonds is 8. The second kappa shape index (κ2) is 9.15. The molecule has 20 heavy (non-hydrogen) atoms. The fourth-order valence-electron chi connectivity index (χ4n) is 1.64. The summed E-state index contributed by atoms with van der Waals surface area (Å²) in [6.45, 7) is 13.3. The first-order valence-corrected chi connectivity index (χ1v) is 6.74. The molecule has 1 unspecified atom stereocenters. The first kappa shape index (κ1) is 18.2. The first-order valence-electron chi connectivity index (χ1n) is 6.74. The van der Waals surface area contributed by atoms with Gasteiger partial charge in [0.2, 0.25) is 0 Å². The largest absolute Gasteiger partial charge is 0.333 e. The molecular formula is C16H26N2O2. The topological polar surface area (TPSA) is 52.6 Å². The number of nitrogens with zero attached hydrogens (tertiary/aromatic N) is 1. The van der Waals surface area contributed by atoms with Crippen LogP contribution in [0.25, 0.3) is 0 Å². The smallest absolute Gasteiger partial charge is 0.254 e. The fraction of sp³-hybridized carbons (Fsp3) is 0.438. The molecule has 0 bridgehead atoms. The fourth-order valence-corrected chi connectivity index (χ4v) is 1.64. The molecule has 4 heteroatoms. The summed E-state index contributed by atoms with van der Waals surface area (Å²) in [5.74, 6) is -0.163. The number of hydrogen-bond donors (Lipinski definition) is 2. The Morgan fingerprint density at radius 2 is 2.05 bits per heavy atom. The summed E-state index contributed by atoms with van der Waals surface area (Å²) in [4.78, 5) is 13.8. The molecule has 112 valence electrons. The summed E-state index contributed by atoms with van der Waals surface area (Å²) >= 11 is 0. The lowest BCUT2D eigenvalue weighted by molar-refractivity contribution is -0.126. The van der Waals surface area contributed by atoms with Gasteiger partial charge in [-0.05, 0) is 26.3 Å². The summed E-state index contributed by atoms with van der Waals surface area (Å²) in [5, 5.41) is 8.84. The Hall–Kier alpha value is -1.81. The lowest BCUT2D eigenvalue weighted by Crippen LogP contribution is -2.39. The molecule has 0 aliphatic carbocycles. The van der Waals surface area contributed by atoms with E-state index in [0.29, 0.717) is 11.3 Å². The van der Waals surface area contributed by atoms with Crippen molar-refractivity contribution in [2.45, 2.75) is 39.7 Å². The molecule has 0 radical (unpaired) electrons. The molecule has 0 aromatic carbocycles. The van der Waals surface area contributed by atoms with Crippen molar-refractivity contribution >= 4 is 5.91 Å². The summed E-state index contributed by atoms with van der Waals surface area (Å²) < 4.78 is 0. The van der Waals surface area contributed by atoms with Gasteiger partial charge >= 0.3 is 0 Å². The molecule has 2 N–H and O–H groups in total. The molecule has 0 saturated heterocycles. The van der Waals surface area contributed by atoms with E-state index in [1.807, 2.05) is 18.5 Å². The van der Waals surface area contributed by atoms with Gasteiger partial charge in [0.25, 0.3) is 5.91 Å². The normalized spacial score (nSPS) is 13.7. The Balaban J connectivity index is 5.03. The van der Waals surface area contributed by atoms with E-state index in [0.717, 1.165) is 12.8 Å². The van der Waals surface area contributed by atoms with E-state index < -0.39 is 0 Å². The van der Waals surface area contributed by atoms with Crippen molar-refractivity contribution in [1.29, 1.82) is 0 Å². The van der Waals surface area contributed by atoms with Crippen LogP contribution >= 0.6 is 0 Å². The van der Waals surface area contributed by atoms with E-state index >= 15 is 0 Å². The zero-order chi connectivity index (χ0) is 15.7. The molecule has 0 saturated carbocycles. The third kappa shape index (κ3) is 5.45. The average Bonchev–Trinajstić information content (AvgIpc) is 2.45. The second-order valence-corrected chi connectivity index (χ2v) is 4.82. The minimum absolute atomic E-state index is 0.163. The third-order valence-corrected chi connectivity index (χ3v) is 3.21. The third-order valence-electron chi connectivity index (χ3n) is 3.21. The van der Waals surface area contributed by atoms with Gasteiger partial charge in [0, 0.05) is 12.6 Å². The Labute approximate surface area is 122 Å². The lowest BCUT2D eigenvalue weighted by Gasteiger charge is -2.26. The van der Waals surface area contributed by atoms with Crippen LogP contribution in [-0.4, -0.2) is 29.1 Å². The minimum atomic E-state index is -0.323. The second-order valence-electron chi connectivity index (χ2n) is 4.82. The van der Waals surface area contributed by atoms with Gasteiger partial charge in [0.05, 0.1) is 11.7 Å². The highest BCUT2D eigenvalue weighted by molar-refractivity contribution is 5.96. The van der Waals surface area contributed by atoms with Crippen LogP contribution in [0.15, 0.2) is 48.2 Å². The van der Waals surface area contributed by atoms with Crippen LogP contribution in [-0.2, 0) is 4.79 Å². The van der Waals surface area contributed by atoms with Crippen LogP contribution in [0.4, 0.5) is 0 Å². The van der Waals surface area contributed by atoms with E-state index in [-0.39, 0.29) is 11.9 Å². The van der Waals surface area contributed by atoms with E-state index in [9.17, 15) is 4.79 Å². The van der Waals surface area contributed by atoms with Crippen molar-refractivity contribution in [1.82, 2.24) is 10.4 Å². The molecule has 0 spiro atoms. The van der Waals surface area contributed by atoms with Crippen molar-refractivity contribution in [3.63, 3.8) is 0 Å². The molecule has 0 aliphatic heterocycles. The molecular weight excluding hydrogens is 252 g/mol. The number of carbonyl (C=O) groups excluding carboxylic acids is 1. The van der Waals surface area contributed by atoms with Gasteiger partial charge in [0.15, 0.2) is 0 Å². The number of amides is 1. The van der Waals surface area contributed by atoms with Gasteiger partial charge in [0.1, 0.15) is 0 Å². The number of nitrogens with one attached hydrogen (secondary N) is 1. The molecule has 0 aromatic rings. The SMILES string of the molecule is C=C/C(=C\C=C(/C)CCC)C(=O)N(C)C(C)C(=C)NO. The van der Waals surface area contributed by atoms with Crippen molar-refractivity contribution in [2.24, 2.45) is 0 Å². The lowest BCUT2D eigenvalue weighted by atomic mass is 10.1. The number of carbonyl (C=O) groups is 1. The highest BCUT2D eigenvalue weighted by atomic mass is 16.5. The molecule has 1 atom stereocenters. The molecule has 0 aromatic heterocycles. The molecule has 0 aliphatic rings. The zero-order valence-corrected chi connectivity index (χ0v) is 12.9. The Morgan fingerprint density at radius 1 is 1.45 bits per heavy atom. The first-order chi connectivity index (χ1) is 9.38. The highest BCUT2D eigenvalue weighted by Gasteiger charge is 2.19. The van der Waals surface area contributed by atoms with Crippen molar-refractivity contribution in [2.75, 3.05) is 7.05 Å². The molecule has 0 fully saturated rings. The van der Waals surface area contributed by atoms with Crippen LogP contribution in [0.2, 0.25) is 0 Å². The number of hydroxylamine groups is 1. The summed E-state index contributed by atoms with van der Waals surface area (Å²) in [5.41, 5.74) is 4.08. The predicted molar refractivity (Wildman–Crippen MR) is 83.2 cm³/mol. The summed E-state index contributed by atoms with van der Waals surface area (Å²) in [6, 6.07) is -0.323. The van der Waals surface area contributed by atoms with E-state index in [1.165, 1.54) is 16.5 Å². The molecule has 4 nitrogen and oxygen atoms in total. The van der Waals surface area contributed by atoms with Gasteiger partial charge in [-0.15, -0.1) is 0 Å². The van der Waals surface area contributed by atoms with E-state index in [2.05, 4.69) is 20.1 Å². The standard InChI is InChI=1S/C16H26N2O2/c1-7-9-12(3)10-11-15(8-2)16(19)18(6)14(5)13(4)17-20/h8,10-11,14,17,20H,2,4,7,9H2,1,3,5-6H3/b12-10+,15-11+. The van der Waals surface area contributed by atoms with Crippen LogP contribution in [0.1, 0.15) is 33.6 Å². The Bertz CT molecular complexity index is 422. The molecule has 1 amide bonds. The maximum Gasteiger partial charge on any atom is 0.254 e. The van der Waals surface area contributed by atoms with E-state index in [4.69, 9.17) is 5.21 Å². The Kier molecular flexibility index (Phi) is 8.32. The van der Waals surface area contributed by atoms with E-state index in [1.54, 1.807) is 20.0 Å². The van der Waals surface area contributed by atoms with Gasteiger partial charge in [-0.1, -0.05) is 44.2 Å². The van der Waals surface area contributed by atoms with Gasteiger partial charge in [-0.2, -0.15) is 0 Å². The van der Waals surface area contributed by atoms with Crippen LogP contribution in [0.5, 0.6) is 0 Å². The maximum absolute atomic E-state index is 12.3. The van der Waals surface area contributed by atoms with Crippen LogP contribution in [0.3, 0.4) is 0 Å². The quantitative estimate of drug-likeness (QED) is 0.407. The van der Waals surface area contributed by atoms with Crippen molar-refractivity contribution < 1.29 is 10.0 Å².